The third-order valence-corrected chi connectivity index (χ3v) is 4.07. The predicted molar refractivity (Wildman–Crippen MR) is 91.9 cm³/mol. The lowest BCUT2D eigenvalue weighted by Gasteiger charge is -2.27. The molecule has 2 aliphatic rings. The number of anilines is 1. The Morgan fingerprint density at radius 3 is 2.58 bits per heavy atom. The van der Waals surface area contributed by atoms with E-state index in [2.05, 4.69) is 16.1 Å². The molecule has 2 saturated heterocycles. The molecule has 2 aliphatic heterocycles. The van der Waals surface area contributed by atoms with Gasteiger partial charge in [0.2, 0.25) is 11.8 Å². The van der Waals surface area contributed by atoms with Crippen LogP contribution in [0.4, 0.5) is 5.69 Å². The molecule has 1 atom stereocenters. The molecule has 0 saturated carbocycles. The van der Waals surface area contributed by atoms with E-state index >= 15 is 0 Å². The number of hydrogen-bond donors (Lipinski definition) is 3. The van der Waals surface area contributed by atoms with Gasteiger partial charge in [0.25, 0.3) is 5.91 Å². The average Bonchev–Trinajstić information content (AvgIpc) is 2.58. The van der Waals surface area contributed by atoms with Crippen molar-refractivity contribution in [2.24, 2.45) is 0 Å². The van der Waals surface area contributed by atoms with Crippen LogP contribution >= 0.6 is 12.4 Å². The van der Waals surface area contributed by atoms with Gasteiger partial charge in [-0.2, -0.15) is 0 Å². The smallest absolute Gasteiger partial charge is 0.251 e. The first-order valence-corrected chi connectivity index (χ1v) is 7.87. The SMILES string of the molecule is Cl.O=C1CCC(=O)N(c2ccc(C(=O)NC3CCCNC3)cc2)N1. The maximum atomic E-state index is 12.2. The topological polar surface area (TPSA) is 90.5 Å². The summed E-state index contributed by atoms with van der Waals surface area (Å²) in [5.74, 6) is -0.467. The number of halogens is 1. The monoisotopic (exact) mass is 352 g/mol. The van der Waals surface area contributed by atoms with Gasteiger partial charge in [-0.05, 0) is 43.7 Å². The summed E-state index contributed by atoms with van der Waals surface area (Å²) in [6.45, 7) is 1.79. The number of amides is 3. The fourth-order valence-corrected chi connectivity index (χ4v) is 2.79. The highest BCUT2D eigenvalue weighted by Gasteiger charge is 2.24. The molecule has 3 amide bonds. The zero-order valence-electron chi connectivity index (χ0n) is 13.2. The number of hydrogen-bond acceptors (Lipinski definition) is 4. The predicted octanol–water partition coefficient (Wildman–Crippen LogP) is 0.748. The van der Waals surface area contributed by atoms with Crippen molar-refractivity contribution >= 4 is 35.8 Å². The maximum absolute atomic E-state index is 12.2. The summed E-state index contributed by atoms with van der Waals surface area (Å²) in [6.07, 6.45) is 2.44. The lowest BCUT2D eigenvalue weighted by atomic mass is 10.1. The van der Waals surface area contributed by atoms with Crippen LogP contribution in [-0.2, 0) is 9.59 Å². The van der Waals surface area contributed by atoms with Crippen molar-refractivity contribution in [1.29, 1.82) is 0 Å². The van der Waals surface area contributed by atoms with Crippen molar-refractivity contribution in [3.63, 3.8) is 0 Å². The minimum atomic E-state index is -0.184. The second-order valence-electron chi connectivity index (χ2n) is 5.83. The van der Waals surface area contributed by atoms with Gasteiger partial charge < -0.3 is 10.6 Å². The molecule has 1 aromatic carbocycles. The van der Waals surface area contributed by atoms with Gasteiger partial charge in [0, 0.05) is 31.0 Å². The highest BCUT2D eigenvalue weighted by molar-refractivity contribution is 6.01. The Labute approximate surface area is 146 Å². The number of hydrazine groups is 1. The van der Waals surface area contributed by atoms with Crippen LogP contribution in [0, 0.1) is 0 Å². The van der Waals surface area contributed by atoms with Crippen LogP contribution in [0.5, 0.6) is 0 Å². The van der Waals surface area contributed by atoms with Gasteiger partial charge in [-0.1, -0.05) is 0 Å². The van der Waals surface area contributed by atoms with Crippen LogP contribution in [-0.4, -0.2) is 36.9 Å². The van der Waals surface area contributed by atoms with E-state index in [1.807, 2.05) is 0 Å². The number of nitrogens with zero attached hydrogens (tertiary/aromatic N) is 1. The second-order valence-corrected chi connectivity index (χ2v) is 5.83. The van der Waals surface area contributed by atoms with Gasteiger partial charge >= 0.3 is 0 Å². The van der Waals surface area contributed by atoms with Crippen LogP contribution in [0.1, 0.15) is 36.0 Å². The Kier molecular flexibility index (Phi) is 6.16. The molecule has 0 aromatic heterocycles. The summed E-state index contributed by atoms with van der Waals surface area (Å²) in [4.78, 5) is 35.5. The molecule has 1 unspecified atom stereocenters. The molecule has 7 nitrogen and oxygen atoms in total. The molecular weight excluding hydrogens is 332 g/mol. The highest BCUT2D eigenvalue weighted by Crippen LogP contribution is 2.18. The third-order valence-electron chi connectivity index (χ3n) is 4.07. The normalized spacial score (nSPS) is 20.8. The van der Waals surface area contributed by atoms with Gasteiger partial charge in [-0.25, -0.2) is 5.01 Å². The number of nitrogens with one attached hydrogen (secondary N) is 3. The summed E-state index contributed by atoms with van der Waals surface area (Å²) >= 11 is 0. The molecular formula is C16H21ClN4O3. The molecule has 8 heteroatoms. The minimum absolute atomic E-state index is 0. The molecule has 0 spiro atoms. The lowest BCUT2D eigenvalue weighted by Crippen LogP contribution is -2.50. The quantitative estimate of drug-likeness (QED) is 0.748. The van der Waals surface area contributed by atoms with Gasteiger partial charge in [-0.15, -0.1) is 12.4 Å². The first kappa shape index (κ1) is 18.2. The lowest BCUT2D eigenvalue weighted by molar-refractivity contribution is -0.130. The molecule has 3 N–H and O–H groups in total. The van der Waals surface area contributed by atoms with Crippen LogP contribution in [0.2, 0.25) is 0 Å². The van der Waals surface area contributed by atoms with E-state index in [0.717, 1.165) is 25.9 Å². The number of benzene rings is 1. The van der Waals surface area contributed by atoms with E-state index in [1.165, 1.54) is 5.01 Å². The van der Waals surface area contributed by atoms with Crippen LogP contribution in [0.25, 0.3) is 0 Å². The van der Waals surface area contributed by atoms with Crippen LogP contribution in [0.3, 0.4) is 0 Å². The first-order valence-electron chi connectivity index (χ1n) is 7.87. The fraction of sp³-hybridized carbons (Fsp3) is 0.438. The molecule has 0 aliphatic carbocycles. The van der Waals surface area contributed by atoms with E-state index in [0.29, 0.717) is 11.3 Å². The van der Waals surface area contributed by atoms with Crippen molar-refractivity contribution in [3.8, 4) is 0 Å². The third kappa shape index (κ3) is 4.24. The molecule has 24 heavy (non-hydrogen) atoms. The second kappa shape index (κ2) is 8.12. The molecule has 0 radical (unpaired) electrons. The number of carbonyl (C=O) groups is 3. The zero-order chi connectivity index (χ0) is 16.2. The Balaban J connectivity index is 0.00000208. The van der Waals surface area contributed by atoms with Crippen molar-refractivity contribution in [2.75, 3.05) is 18.1 Å². The Bertz CT molecular complexity index is 614. The number of piperidine rings is 1. The molecule has 2 heterocycles. The summed E-state index contributed by atoms with van der Waals surface area (Å²) in [7, 11) is 0. The molecule has 0 bridgehead atoms. The fourth-order valence-electron chi connectivity index (χ4n) is 2.79. The largest absolute Gasteiger partial charge is 0.348 e. The summed E-state index contributed by atoms with van der Waals surface area (Å²) in [5, 5.41) is 7.49. The van der Waals surface area contributed by atoms with Gasteiger partial charge in [0.05, 0.1) is 5.69 Å². The van der Waals surface area contributed by atoms with Crippen molar-refractivity contribution in [1.82, 2.24) is 16.1 Å². The molecule has 1 aromatic rings. The van der Waals surface area contributed by atoms with Gasteiger partial charge in [0.15, 0.2) is 0 Å². The van der Waals surface area contributed by atoms with Gasteiger partial charge in [-0.3, -0.25) is 19.8 Å². The number of rotatable bonds is 3. The van der Waals surface area contributed by atoms with Crippen molar-refractivity contribution < 1.29 is 14.4 Å². The molecule has 2 fully saturated rings. The summed E-state index contributed by atoms with van der Waals surface area (Å²) < 4.78 is 0. The van der Waals surface area contributed by atoms with Crippen molar-refractivity contribution in [3.05, 3.63) is 29.8 Å². The maximum Gasteiger partial charge on any atom is 0.251 e. The molecule has 3 rings (SSSR count). The standard InChI is InChI=1S/C16H20N4O3.ClH/c21-14-7-8-15(22)20(19-14)13-5-3-11(4-6-13)16(23)18-12-2-1-9-17-10-12;/h3-6,12,17H,1-2,7-10H2,(H,18,23)(H,19,21);1H. The van der Waals surface area contributed by atoms with Gasteiger partial charge in [0.1, 0.15) is 0 Å². The summed E-state index contributed by atoms with van der Waals surface area (Å²) in [6, 6.07) is 6.80. The van der Waals surface area contributed by atoms with Crippen LogP contribution < -0.4 is 21.1 Å². The van der Waals surface area contributed by atoms with E-state index < -0.39 is 0 Å². The Morgan fingerprint density at radius 1 is 1.17 bits per heavy atom. The van der Waals surface area contributed by atoms with Crippen LogP contribution in [0.15, 0.2) is 24.3 Å². The highest BCUT2D eigenvalue weighted by atomic mass is 35.5. The van der Waals surface area contributed by atoms with E-state index in [-0.39, 0.29) is 49.0 Å². The Morgan fingerprint density at radius 2 is 1.92 bits per heavy atom. The van der Waals surface area contributed by atoms with E-state index in [1.54, 1.807) is 24.3 Å². The Hall–Kier alpha value is -2.12. The molecule has 130 valence electrons. The van der Waals surface area contributed by atoms with Crippen molar-refractivity contribution in [2.45, 2.75) is 31.7 Å². The summed E-state index contributed by atoms with van der Waals surface area (Å²) in [5.41, 5.74) is 3.62. The zero-order valence-corrected chi connectivity index (χ0v) is 14.0. The average molecular weight is 353 g/mol. The minimum Gasteiger partial charge on any atom is -0.348 e. The number of carbonyl (C=O) groups excluding carboxylic acids is 3. The first-order chi connectivity index (χ1) is 11.1. The van der Waals surface area contributed by atoms with E-state index in [4.69, 9.17) is 0 Å². The van der Waals surface area contributed by atoms with E-state index in [9.17, 15) is 14.4 Å².